The Morgan fingerprint density at radius 3 is 2.52 bits per heavy atom. The Balaban J connectivity index is 1.84. The highest BCUT2D eigenvalue weighted by Crippen LogP contribution is 2.24. The lowest BCUT2D eigenvalue weighted by Crippen LogP contribution is -2.21. The molecule has 1 unspecified atom stereocenters. The van der Waals surface area contributed by atoms with Crippen LogP contribution in [0.5, 0.6) is 11.5 Å². The van der Waals surface area contributed by atoms with Gasteiger partial charge in [0.2, 0.25) is 0 Å². The van der Waals surface area contributed by atoms with Crippen molar-refractivity contribution in [2.75, 3.05) is 13.2 Å². The third kappa shape index (κ3) is 5.27. The monoisotopic (exact) mass is 315 g/mol. The Morgan fingerprint density at radius 1 is 1.13 bits per heavy atom. The fourth-order valence-corrected chi connectivity index (χ4v) is 2.25. The van der Waals surface area contributed by atoms with Crippen LogP contribution in [0.15, 0.2) is 42.5 Å². The summed E-state index contributed by atoms with van der Waals surface area (Å²) in [6, 6.07) is 13.1. The number of aromatic hydroxyl groups is 1. The second kappa shape index (κ2) is 8.56. The number of nitrogens with one attached hydrogen (secondary N) is 1. The van der Waals surface area contributed by atoms with Crippen molar-refractivity contribution in [1.82, 2.24) is 5.32 Å². The fraction of sp³-hybridized carbons (Fsp3) is 0.368. The second-order valence-electron chi connectivity index (χ2n) is 5.70. The maximum atomic E-state index is 10.2. The lowest BCUT2D eigenvalue weighted by atomic mass is 10.1. The number of ether oxygens (including phenoxy) is 1. The molecule has 0 bridgehead atoms. The Morgan fingerprint density at radius 2 is 1.87 bits per heavy atom. The van der Waals surface area contributed by atoms with Gasteiger partial charge >= 0.3 is 0 Å². The first-order valence-corrected chi connectivity index (χ1v) is 8.00. The molecule has 3 N–H and O–H groups in total. The molecule has 0 saturated carbocycles. The predicted octanol–water partition coefficient (Wildman–Crippen LogP) is 3.31. The van der Waals surface area contributed by atoms with E-state index in [0.717, 1.165) is 17.5 Å². The number of hydrogen-bond acceptors (Lipinski definition) is 4. The summed E-state index contributed by atoms with van der Waals surface area (Å²) in [5, 5.41) is 23.3. The van der Waals surface area contributed by atoms with E-state index in [2.05, 4.69) is 5.32 Å². The quantitative estimate of drug-likeness (QED) is 0.699. The summed E-state index contributed by atoms with van der Waals surface area (Å²) in [5.74, 6) is 0.878. The van der Waals surface area contributed by atoms with Gasteiger partial charge in [-0.2, -0.15) is 0 Å². The SMILES string of the molecule is CCCOc1ccc(CNCC(O)c2ccc(C)cc2)c(O)c1. The second-order valence-corrected chi connectivity index (χ2v) is 5.70. The molecule has 0 aromatic heterocycles. The maximum Gasteiger partial charge on any atom is 0.123 e. The van der Waals surface area contributed by atoms with Crippen LogP contribution in [0.3, 0.4) is 0 Å². The van der Waals surface area contributed by atoms with Crippen LogP contribution in [0.2, 0.25) is 0 Å². The summed E-state index contributed by atoms with van der Waals surface area (Å²) >= 11 is 0. The van der Waals surface area contributed by atoms with Crippen LogP contribution in [-0.4, -0.2) is 23.4 Å². The largest absolute Gasteiger partial charge is 0.507 e. The normalized spacial score (nSPS) is 12.1. The molecule has 0 aliphatic rings. The van der Waals surface area contributed by atoms with E-state index in [-0.39, 0.29) is 5.75 Å². The Bertz CT molecular complexity index is 611. The van der Waals surface area contributed by atoms with Crippen molar-refractivity contribution in [3.05, 3.63) is 59.2 Å². The van der Waals surface area contributed by atoms with E-state index in [9.17, 15) is 10.2 Å². The Labute approximate surface area is 137 Å². The highest BCUT2D eigenvalue weighted by Gasteiger charge is 2.08. The maximum absolute atomic E-state index is 10.2. The van der Waals surface area contributed by atoms with Gasteiger partial charge in [-0.1, -0.05) is 42.8 Å². The molecule has 0 fully saturated rings. The lowest BCUT2D eigenvalue weighted by molar-refractivity contribution is 0.174. The molecule has 124 valence electrons. The number of hydrogen-bond donors (Lipinski definition) is 3. The summed E-state index contributed by atoms with van der Waals surface area (Å²) in [5.41, 5.74) is 2.84. The van der Waals surface area contributed by atoms with Crippen LogP contribution in [0.1, 0.15) is 36.1 Å². The van der Waals surface area contributed by atoms with Crippen molar-refractivity contribution in [1.29, 1.82) is 0 Å². The summed E-state index contributed by atoms with van der Waals surface area (Å²) in [6.45, 7) is 5.61. The van der Waals surface area contributed by atoms with Gasteiger partial charge in [-0.15, -0.1) is 0 Å². The lowest BCUT2D eigenvalue weighted by Gasteiger charge is -2.13. The van der Waals surface area contributed by atoms with Gasteiger partial charge < -0.3 is 20.3 Å². The molecule has 2 rings (SSSR count). The van der Waals surface area contributed by atoms with Crippen LogP contribution in [-0.2, 0) is 6.54 Å². The summed E-state index contributed by atoms with van der Waals surface area (Å²) in [4.78, 5) is 0. The minimum Gasteiger partial charge on any atom is -0.507 e. The van der Waals surface area contributed by atoms with E-state index in [1.165, 1.54) is 5.56 Å². The number of aliphatic hydroxyl groups excluding tert-OH is 1. The Hall–Kier alpha value is -2.04. The van der Waals surface area contributed by atoms with Gasteiger partial charge in [-0.05, 0) is 25.0 Å². The minimum absolute atomic E-state index is 0.205. The van der Waals surface area contributed by atoms with E-state index >= 15 is 0 Å². The van der Waals surface area contributed by atoms with Crippen molar-refractivity contribution in [2.45, 2.75) is 32.9 Å². The number of aryl methyl sites for hydroxylation is 1. The van der Waals surface area contributed by atoms with Crippen molar-refractivity contribution in [3.8, 4) is 11.5 Å². The first-order valence-electron chi connectivity index (χ1n) is 8.00. The summed E-state index contributed by atoms with van der Waals surface area (Å²) in [6.07, 6.45) is 0.367. The van der Waals surface area contributed by atoms with E-state index in [0.29, 0.717) is 25.4 Å². The molecular formula is C19H25NO3. The highest BCUT2D eigenvalue weighted by molar-refractivity contribution is 5.39. The third-order valence-electron chi connectivity index (χ3n) is 3.64. The zero-order chi connectivity index (χ0) is 16.7. The molecule has 0 amide bonds. The Kier molecular flexibility index (Phi) is 6.44. The molecular weight excluding hydrogens is 290 g/mol. The molecule has 0 aliphatic carbocycles. The van der Waals surface area contributed by atoms with Gasteiger partial charge in [0.15, 0.2) is 0 Å². The number of benzene rings is 2. The minimum atomic E-state index is -0.565. The van der Waals surface area contributed by atoms with Crippen LogP contribution in [0, 0.1) is 6.92 Å². The predicted molar refractivity (Wildman–Crippen MR) is 91.7 cm³/mol. The van der Waals surface area contributed by atoms with Crippen molar-refractivity contribution < 1.29 is 14.9 Å². The van der Waals surface area contributed by atoms with Gasteiger partial charge in [-0.3, -0.25) is 0 Å². The average Bonchev–Trinajstić information content (AvgIpc) is 2.55. The van der Waals surface area contributed by atoms with E-state index < -0.39 is 6.10 Å². The van der Waals surface area contributed by atoms with Crippen LogP contribution >= 0.6 is 0 Å². The molecule has 2 aromatic rings. The first-order chi connectivity index (χ1) is 11.1. The topological polar surface area (TPSA) is 61.7 Å². The zero-order valence-electron chi connectivity index (χ0n) is 13.7. The van der Waals surface area contributed by atoms with E-state index in [1.807, 2.05) is 50.2 Å². The molecule has 0 aliphatic heterocycles. The fourth-order valence-electron chi connectivity index (χ4n) is 2.25. The smallest absolute Gasteiger partial charge is 0.123 e. The van der Waals surface area contributed by atoms with E-state index in [1.54, 1.807) is 6.07 Å². The molecule has 0 radical (unpaired) electrons. The van der Waals surface area contributed by atoms with Crippen LogP contribution in [0.4, 0.5) is 0 Å². The number of phenols is 1. The standard InChI is InChI=1S/C19H25NO3/c1-3-10-23-17-9-8-16(18(21)11-17)12-20-13-19(22)15-6-4-14(2)5-7-15/h4-9,11,19-22H,3,10,12-13H2,1-2H3. The van der Waals surface area contributed by atoms with Gasteiger partial charge in [-0.25, -0.2) is 0 Å². The molecule has 0 saturated heterocycles. The van der Waals surface area contributed by atoms with Gasteiger partial charge in [0, 0.05) is 24.7 Å². The van der Waals surface area contributed by atoms with Gasteiger partial charge in [0.05, 0.1) is 12.7 Å². The number of phenolic OH excluding ortho intramolecular Hbond substituents is 1. The van der Waals surface area contributed by atoms with Gasteiger partial charge in [0.25, 0.3) is 0 Å². The van der Waals surface area contributed by atoms with Crippen molar-refractivity contribution in [3.63, 3.8) is 0 Å². The van der Waals surface area contributed by atoms with Crippen molar-refractivity contribution >= 4 is 0 Å². The molecule has 0 spiro atoms. The van der Waals surface area contributed by atoms with Gasteiger partial charge in [0.1, 0.15) is 11.5 Å². The number of rotatable bonds is 8. The number of aliphatic hydroxyl groups is 1. The average molecular weight is 315 g/mol. The zero-order valence-corrected chi connectivity index (χ0v) is 13.7. The molecule has 1 atom stereocenters. The first kappa shape index (κ1) is 17.3. The van der Waals surface area contributed by atoms with Crippen LogP contribution in [0.25, 0.3) is 0 Å². The van der Waals surface area contributed by atoms with Crippen LogP contribution < -0.4 is 10.1 Å². The van der Waals surface area contributed by atoms with Crippen molar-refractivity contribution in [2.24, 2.45) is 0 Å². The summed E-state index contributed by atoms with van der Waals surface area (Å²) < 4.78 is 5.48. The molecule has 4 nitrogen and oxygen atoms in total. The van der Waals surface area contributed by atoms with E-state index in [4.69, 9.17) is 4.74 Å². The molecule has 2 aromatic carbocycles. The molecule has 23 heavy (non-hydrogen) atoms. The molecule has 4 heteroatoms. The highest BCUT2D eigenvalue weighted by atomic mass is 16.5. The molecule has 0 heterocycles. The summed E-state index contributed by atoms with van der Waals surface area (Å²) in [7, 11) is 0. The third-order valence-corrected chi connectivity index (χ3v) is 3.64.